The Kier molecular flexibility index (Phi) is 4.98. The second-order valence-electron chi connectivity index (χ2n) is 6.03. The van der Waals surface area contributed by atoms with Crippen molar-refractivity contribution in [1.82, 2.24) is 9.55 Å². The Hall–Kier alpha value is -2.88. The lowest BCUT2D eigenvalue weighted by molar-refractivity contribution is -0.143. The van der Waals surface area contributed by atoms with Crippen LogP contribution in [0.2, 0.25) is 0 Å². The quantitative estimate of drug-likeness (QED) is 0.650. The Balaban J connectivity index is 2.06. The largest absolute Gasteiger partial charge is 0.465 e. The van der Waals surface area contributed by atoms with E-state index in [2.05, 4.69) is 26.0 Å². The molecule has 0 aliphatic rings. The number of rotatable bonds is 5. The molecule has 0 amide bonds. The molecule has 0 radical (unpaired) electrons. The summed E-state index contributed by atoms with van der Waals surface area (Å²) in [6.45, 7) is 6.47. The maximum absolute atomic E-state index is 12.0. The van der Waals surface area contributed by atoms with Gasteiger partial charge >= 0.3 is 5.97 Å². The van der Waals surface area contributed by atoms with Crippen LogP contribution in [0.3, 0.4) is 0 Å². The Bertz CT molecular complexity index is 924. The van der Waals surface area contributed by atoms with Crippen LogP contribution in [-0.4, -0.2) is 22.1 Å². The molecular weight excluding hydrogens is 312 g/mol. The van der Waals surface area contributed by atoms with Crippen LogP contribution < -0.4 is 0 Å². The van der Waals surface area contributed by atoms with E-state index in [1.54, 1.807) is 0 Å². The molecule has 0 atom stereocenters. The number of aromatic nitrogens is 2. The lowest BCUT2D eigenvalue weighted by atomic mass is 10.1. The first kappa shape index (κ1) is 17.0. The van der Waals surface area contributed by atoms with Crippen molar-refractivity contribution in [2.75, 3.05) is 6.61 Å². The summed E-state index contributed by atoms with van der Waals surface area (Å²) >= 11 is 0. The number of aryl methyl sites for hydroxylation is 2. The summed E-state index contributed by atoms with van der Waals surface area (Å²) in [6, 6.07) is 14.2. The molecular formula is C21H22N2O2. The first-order chi connectivity index (χ1) is 12.1. The van der Waals surface area contributed by atoms with Crippen molar-refractivity contribution < 1.29 is 9.53 Å². The molecule has 0 saturated heterocycles. The van der Waals surface area contributed by atoms with E-state index in [-0.39, 0.29) is 12.5 Å². The molecule has 128 valence electrons. The SMILES string of the molecule is CCOC(=O)Cn1c(/C=C/c2ccccc2)nc2cc(C)c(C)cc21. The van der Waals surface area contributed by atoms with Gasteiger partial charge in [0.25, 0.3) is 0 Å². The van der Waals surface area contributed by atoms with Crippen molar-refractivity contribution in [3.8, 4) is 0 Å². The normalized spacial score (nSPS) is 11.3. The Morgan fingerprint density at radius 3 is 2.56 bits per heavy atom. The molecule has 4 nitrogen and oxygen atoms in total. The highest BCUT2D eigenvalue weighted by molar-refractivity contribution is 5.83. The van der Waals surface area contributed by atoms with E-state index in [9.17, 15) is 4.79 Å². The predicted molar refractivity (Wildman–Crippen MR) is 101 cm³/mol. The van der Waals surface area contributed by atoms with Gasteiger partial charge in [-0.2, -0.15) is 0 Å². The van der Waals surface area contributed by atoms with Gasteiger partial charge in [0.2, 0.25) is 0 Å². The monoisotopic (exact) mass is 334 g/mol. The van der Waals surface area contributed by atoms with Crippen molar-refractivity contribution in [2.45, 2.75) is 27.3 Å². The number of hydrogen-bond donors (Lipinski definition) is 0. The molecule has 0 spiro atoms. The van der Waals surface area contributed by atoms with E-state index < -0.39 is 0 Å². The van der Waals surface area contributed by atoms with Crippen LogP contribution in [0.15, 0.2) is 42.5 Å². The number of fused-ring (bicyclic) bond motifs is 1. The minimum absolute atomic E-state index is 0.154. The summed E-state index contributed by atoms with van der Waals surface area (Å²) in [4.78, 5) is 16.7. The highest BCUT2D eigenvalue weighted by atomic mass is 16.5. The molecule has 25 heavy (non-hydrogen) atoms. The smallest absolute Gasteiger partial charge is 0.326 e. The van der Waals surface area contributed by atoms with Gasteiger partial charge in [0.1, 0.15) is 12.4 Å². The van der Waals surface area contributed by atoms with E-state index in [1.807, 2.05) is 54.0 Å². The highest BCUT2D eigenvalue weighted by Crippen LogP contribution is 2.22. The molecule has 1 heterocycles. The van der Waals surface area contributed by atoms with Gasteiger partial charge in [-0.15, -0.1) is 0 Å². The lowest BCUT2D eigenvalue weighted by Crippen LogP contribution is -2.14. The third-order valence-electron chi connectivity index (χ3n) is 4.21. The average molecular weight is 334 g/mol. The first-order valence-corrected chi connectivity index (χ1v) is 8.44. The zero-order valence-corrected chi connectivity index (χ0v) is 14.8. The molecule has 0 aliphatic heterocycles. The molecule has 0 bridgehead atoms. The van der Waals surface area contributed by atoms with Crippen LogP contribution >= 0.6 is 0 Å². The zero-order chi connectivity index (χ0) is 17.8. The fourth-order valence-corrected chi connectivity index (χ4v) is 2.76. The van der Waals surface area contributed by atoms with E-state index in [0.717, 1.165) is 22.4 Å². The number of nitrogens with zero attached hydrogens (tertiary/aromatic N) is 2. The minimum Gasteiger partial charge on any atom is -0.465 e. The van der Waals surface area contributed by atoms with Gasteiger partial charge in [0.15, 0.2) is 0 Å². The molecule has 2 aromatic carbocycles. The number of imidazole rings is 1. The van der Waals surface area contributed by atoms with E-state index >= 15 is 0 Å². The van der Waals surface area contributed by atoms with Crippen LogP contribution in [0.1, 0.15) is 29.4 Å². The van der Waals surface area contributed by atoms with E-state index in [4.69, 9.17) is 9.72 Å². The summed E-state index contributed by atoms with van der Waals surface area (Å²) in [5.41, 5.74) is 5.29. The second kappa shape index (κ2) is 7.34. The zero-order valence-electron chi connectivity index (χ0n) is 14.8. The van der Waals surface area contributed by atoms with Crippen LogP contribution in [-0.2, 0) is 16.1 Å². The maximum atomic E-state index is 12.0. The van der Waals surface area contributed by atoms with Crippen molar-refractivity contribution in [3.05, 3.63) is 65.0 Å². The topological polar surface area (TPSA) is 44.1 Å². The molecule has 1 aromatic heterocycles. The number of carbonyl (C=O) groups is 1. The first-order valence-electron chi connectivity index (χ1n) is 8.44. The number of carbonyl (C=O) groups excluding carboxylic acids is 1. The Morgan fingerprint density at radius 2 is 1.84 bits per heavy atom. The number of benzene rings is 2. The number of ether oxygens (including phenoxy) is 1. The van der Waals surface area contributed by atoms with Crippen LogP contribution in [0.25, 0.3) is 23.2 Å². The number of esters is 1. The second-order valence-corrected chi connectivity index (χ2v) is 6.03. The third kappa shape index (κ3) is 3.79. The molecule has 3 aromatic rings. The third-order valence-corrected chi connectivity index (χ3v) is 4.21. The fraction of sp³-hybridized carbons (Fsp3) is 0.238. The summed E-state index contributed by atoms with van der Waals surface area (Å²) in [5, 5.41) is 0. The van der Waals surface area contributed by atoms with Gasteiger partial charge < -0.3 is 9.30 Å². The van der Waals surface area contributed by atoms with Gasteiger partial charge in [-0.1, -0.05) is 36.4 Å². The summed E-state index contributed by atoms with van der Waals surface area (Å²) in [5.74, 6) is 0.492. The van der Waals surface area contributed by atoms with Crippen LogP contribution in [0.5, 0.6) is 0 Å². The van der Waals surface area contributed by atoms with Crippen molar-refractivity contribution in [2.24, 2.45) is 0 Å². The molecule has 3 rings (SSSR count). The lowest BCUT2D eigenvalue weighted by Gasteiger charge is -2.08. The van der Waals surface area contributed by atoms with Crippen LogP contribution in [0, 0.1) is 13.8 Å². The van der Waals surface area contributed by atoms with Crippen LogP contribution in [0.4, 0.5) is 0 Å². The van der Waals surface area contributed by atoms with Crippen molar-refractivity contribution in [1.29, 1.82) is 0 Å². The average Bonchev–Trinajstić information content (AvgIpc) is 2.91. The fourth-order valence-electron chi connectivity index (χ4n) is 2.76. The summed E-state index contributed by atoms with van der Waals surface area (Å²) < 4.78 is 7.04. The van der Waals surface area contributed by atoms with Crippen molar-refractivity contribution in [3.63, 3.8) is 0 Å². The highest BCUT2D eigenvalue weighted by Gasteiger charge is 2.14. The molecule has 0 fully saturated rings. The summed E-state index contributed by atoms with van der Waals surface area (Å²) in [7, 11) is 0. The standard InChI is InChI=1S/C21H22N2O2/c1-4-25-21(24)14-23-19-13-16(3)15(2)12-18(19)22-20(23)11-10-17-8-6-5-7-9-17/h5-13H,4,14H2,1-3H3/b11-10+. The number of hydrogen-bond acceptors (Lipinski definition) is 3. The molecule has 0 unspecified atom stereocenters. The van der Waals surface area contributed by atoms with Crippen molar-refractivity contribution >= 4 is 29.2 Å². The Labute approximate surface area is 147 Å². The predicted octanol–water partition coefficient (Wildman–Crippen LogP) is 4.39. The molecule has 4 heteroatoms. The molecule has 0 aliphatic carbocycles. The summed E-state index contributed by atoms with van der Waals surface area (Å²) in [6.07, 6.45) is 3.95. The maximum Gasteiger partial charge on any atom is 0.326 e. The van der Waals surface area contributed by atoms with Gasteiger partial charge in [0, 0.05) is 0 Å². The van der Waals surface area contributed by atoms with Gasteiger partial charge in [0.05, 0.1) is 17.6 Å². The minimum atomic E-state index is -0.255. The van der Waals surface area contributed by atoms with Gasteiger partial charge in [-0.3, -0.25) is 4.79 Å². The van der Waals surface area contributed by atoms with Gasteiger partial charge in [-0.05, 0) is 55.7 Å². The van der Waals surface area contributed by atoms with E-state index in [0.29, 0.717) is 6.61 Å². The molecule has 0 N–H and O–H groups in total. The van der Waals surface area contributed by atoms with Gasteiger partial charge in [-0.25, -0.2) is 4.98 Å². The molecule has 0 saturated carbocycles. The van der Waals surface area contributed by atoms with E-state index in [1.165, 1.54) is 11.1 Å². The Morgan fingerprint density at radius 1 is 1.12 bits per heavy atom.